The molecular weight excluding hydrogens is 829 g/mol. The molecule has 4 aliphatic heterocycles. The van der Waals surface area contributed by atoms with Crippen molar-refractivity contribution in [1.29, 1.82) is 0 Å². The minimum absolute atomic E-state index is 0.0713. The number of aromatic nitrogens is 7. The molecule has 6 aromatic rings. The summed E-state index contributed by atoms with van der Waals surface area (Å²) >= 11 is 12.8. The Kier molecular flexibility index (Phi) is 8.40. The van der Waals surface area contributed by atoms with Crippen molar-refractivity contribution in [2.75, 3.05) is 38.1 Å². The van der Waals surface area contributed by atoms with Gasteiger partial charge in [0.2, 0.25) is 17.7 Å². The molecule has 0 aliphatic carbocycles. The third-order valence-electron chi connectivity index (χ3n) is 8.63. The molecule has 0 fully saturated rings. The fraction of sp³-hybridized carbons (Fsp3) is 0.121. The van der Waals surface area contributed by atoms with Crippen LogP contribution in [-0.2, 0) is 19.2 Å². The predicted molar refractivity (Wildman–Crippen MR) is 209 cm³/mol. The molecule has 0 saturated heterocycles. The van der Waals surface area contributed by atoms with Gasteiger partial charge in [-0.1, -0.05) is 16.1 Å². The number of anilines is 5. The molecule has 22 heteroatoms. The van der Waals surface area contributed by atoms with Crippen molar-refractivity contribution in [3.8, 4) is 22.5 Å². The van der Waals surface area contributed by atoms with Crippen LogP contribution in [-0.4, -0.2) is 75.4 Å². The maximum atomic E-state index is 16.6. The van der Waals surface area contributed by atoms with Crippen LogP contribution in [0.4, 0.5) is 33.3 Å². The molecule has 10 rings (SSSR count). The average Bonchev–Trinajstić information content (AvgIpc) is 3.65. The minimum atomic E-state index is -1.23. The molecule has 55 heavy (non-hydrogen) atoms. The number of fused-ring (bicyclic) bond motifs is 5. The third-order valence-corrected chi connectivity index (χ3v) is 14.0. The van der Waals surface area contributed by atoms with Crippen molar-refractivity contribution in [1.82, 2.24) is 34.5 Å². The van der Waals surface area contributed by atoms with Crippen molar-refractivity contribution in [2.24, 2.45) is 0 Å². The Labute approximate surface area is 334 Å². The van der Waals surface area contributed by atoms with Gasteiger partial charge in [0.05, 0.1) is 58.9 Å². The first kappa shape index (κ1) is 34.6. The third kappa shape index (κ3) is 5.96. The summed E-state index contributed by atoms with van der Waals surface area (Å²) in [6, 6.07) is 8.16. The monoisotopic (exact) mass is 845 g/mol. The van der Waals surface area contributed by atoms with E-state index in [0.717, 1.165) is 44.9 Å². The van der Waals surface area contributed by atoms with E-state index in [9.17, 15) is 14.4 Å². The highest BCUT2D eigenvalue weighted by Crippen LogP contribution is 2.56. The molecule has 0 aromatic carbocycles. The summed E-state index contributed by atoms with van der Waals surface area (Å²) in [5.41, 5.74) is 2.28. The van der Waals surface area contributed by atoms with E-state index in [4.69, 9.17) is 21.6 Å². The molecule has 0 spiro atoms. The van der Waals surface area contributed by atoms with Gasteiger partial charge in [-0.2, -0.15) is 0 Å². The molecule has 3 N–H and O–H groups in total. The number of pyridine rings is 5. The van der Waals surface area contributed by atoms with Crippen molar-refractivity contribution in [3.63, 3.8) is 0 Å². The van der Waals surface area contributed by atoms with E-state index >= 15 is 9.18 Å². The molecule has 0 bridgehead atoms. The summed E-state index contributed by atoms with van der Waals surface area (Å²) in [4.78, 5) is 79.6. The van der Waals surface area contributed by atoms with Crippen molar-refractivity contribution < 1.29 is 23.6 Å². The lowest BCUT2D eigenvalue weighted by molar-refractivity contribution is -0.118. The number of thioether (sulfide) groups is 4. The summed E-state index contributed by atoms with van der Waals surface area (Å²) < 4.78 is 20.6. The molecule has 0 radical (unpaired) electrons. The van der Waals surface area contributed by atoms with E-state index in [2.05, 4.69) is 40.5 Å². The average molecular weight is 846 g/mol. The van der Waals surface area contributed by atoms with Gasteiger partial charge in [-0.25, -0.2) is 24.3 Å². The SMILES string of the molecule is O=C1CSc2ccc(-c3ncc(-c4cnc5snnc5c4)c4c3SC(c3nc5c(cc3Cl)SCC(=O)N5)C(=O)N4c3nc4c(cc3F)SCC(=O)N4)nc2N1. The first-order valence-corrected chi connectivity index (χ1v) is 21.0. The summed E-state index contributed by atoms with van der Waals surface area (Å²) in [6.45, 7) is 0. The fourth-order valence-electron chi connectivity index (χ4n) is 6.23. The van der Waals surface area contributed by atoms with Gasteiger partial charge in [-0.3, -0.25) is 29.1 Å². The van der Waals surface area contributed by atoms with Crippen molar-refractivity contribution >= 4 is 133 Å². The Morgan fingerprint density at radius 3 is 2.25 bits per heavy atom. The molecule has 1 atom stereocenters. The molecule has 4 amide bonds. The van der Waals surface area contributed by atoms with Crippen LogP contribution in [0.3, 0.4) is 0 Å². The lowest BCUT2D eigenvalue weighted by Gasteiger charge is -2.36. The largest absolute Gasteiger partial charge is 0.309 e. The van der Waals surface area contributed by atoms with Crippen LogP contribution in [0.2, 0.25) is 5.02 Å². The number of nitrogens with one attached hydrogen (secondary N) is 3. The Balaban J connectivity index is 1.25. The minimum Gasteiger partial charge on any atom is -0.309 e. The first-order chi connectivity index (χ1) is 26.7. The van der Waals surface area contributed by atoms with Gasteiger partial charge in [0, 0.05) is 35.1 Å². The van der Waals surface area contributed by atoms with Crippen LogP contribution in [0.1, 0.15) is 10.9 Å². The van der Waals surface area contributed by atoms with Gasteiger partial charge >= 0.3 is 0 Å². The molecule has 1 unspecified atom stereocenters. The normalized spacial score (nSPS) is 17.5. The first-order valence-electron chi connectivity index (χ1n) is 16.0. The van der Waals surface area contributed by atoms with Crippen LogP contribution >= 0.6 is 70.2 Å². The van der Waals surface area contributed by atoms with Gasteiger partial charge in [0.15, 0.2) is 16.5 Å². The summed E-state index contributed by atoms with van der Waals surface area (Å²) in [6.07, 6.45) is 3.11. The highest BCUT2D eigenvalue weighted by atomic mass is 35.5. The number of hydrogen-bond acceptors (Lipinski definition) is 16. The van der Waals surface area contributed by atoms with Crippen LogP contribution in [0.5, 0.6) is 0 Å². The number of rotatable bonds is 4. The second kappa shape index (κ2) is 13.4. The summed E-state index contributed by atoms with van der Waals surface area (Å²) in [5, 5.41) is 11.3. The summed E-state index contributed by atoms with van der Waals surface area (Å²) in [5.74, 6) is -1.59. The highest BCUT2D eigenvalue weighted by molar-refractivity contribution is 8.01. The Morgan fingerprint density at radius 1 is 0.800 bits per heavy atom. The van der Waals surface area contributed by atoms with Crippen LogP contribution in [0.15, 0.2) is 62.3 Å². The number of carbonyl (C=O) groups is 4. The molecule has 0 saturated carbocycles. The predicted octanol–water partition coefficient (Wildman–Crippen LogP) is 6.44. The second-order valence-corrected chi connectivity index (χ2v) is 17.4. The van der Waals surface area contributed by atoms with E-state index < -0.39 is 22.8 Å². The van der Waals surface area contributed by atoms with E-state index in [-0.39, 0.29) is 63.0 Å². The molecule has 4 aliphatic rings. The fourth-order valence-corrected chi connectivity index (χ4v) is 10.8. The van der Waals surface area contributed by atoms with Crippen LogP contribution < -0.4 is 20.9 Å². The molecule has 6 aromatic heterocycles. The molecule has 272 valence electrons. The van der Waals surface area contributed by atoms with E-state index in [1.807, 2.05) is 6.07 Å². The zero-order chi connectivity index (χ0) is 37.5. The Hall–Kier alpha value is -4.93. The smallest absolute Gasteiger partial charge is 0.252 e. The van der Waals surface area contributed by atoms with Gasteiger partial charge in [-0.15, -0.1) is 52.1 Å². The van der Waals surface area contributed by atoms with Crippen molar-refractivity contribution in [2.45, 2.75) is 24.8 Å². The van der Waals surface area contributed by atoms with Gasteiger partial charge < -0.3 is 16.0 Å². The second-order valence-electron chi connectivity index (χ2n) is 12.1. The zero-order valence-electron chi connectivity index (χ0n) is 27.2. The van der Waals surface area contributed by atoms with Crippen molar-refractivity contribution in [3.05, 3.63) is 59.3 Å². The number of amides is 4. The van der Waals surface area contributed by atoms with Gasteiger partial charge in [0.25, 0.3) is 5.91 Å². The summed E-state index contributed by atoms with van der Waals surface area (Å²) in [7, 11) is 0. The zero-order valence-corrected chi connectivity index (χ0v) is 32.1. The maximum Gasteiger partial charge on any atom is 0.252 e. The highest BCUT2D eigenvalue weighted by Gasteiger charge is 2.44. The number of nitrogens with zero attached hydrogens (tertiary/aromatic N) is 8. The van der Waals surface area contributed by atoms with Gasteiger partial charge in [0.1, 0.15) is 33.9 Å². The Morgan fingerprint density at radius 2 is 1.49 bits per heavy atom. The Bertz CT molecular complexity index is 2740. The quantitative estimate of drug-likeness (QED) is 0.175. The number of halogens is 2. The maximum absolute atomic E-state index is 16.6. The lowest BCUT2D eigenvalue weighted by atomic mass is 10.0. The van der Waals surface area contributed by atoms with Gasteiger partial charge in [-0.05, 0) is 30.3 Å². The molecule has 10 heterocycles. The molecular formula is C33H17ClFN11O4S5. The van der Waals surface area contributed by atoms with E-state index in [1.54, 1.807) is 24.4 Å². The van der Waals surface area contributed by atoms with E-state index in [0.29, 0.717) is 53.4 Å². The lowest BCUT2D eigenvalue weighted by Crippen LogP contribution is -2.36. The molecule has 15 nitrogen and oxygen atoms in total. The number of carbonyl (C=O) groups excluding carboxylic acids is 4. The van der Waals surface area contributed by atoms with E-state index in [1.165, 1.54) is 35.8 Å². The topological polar surface area (TPSA) is 198 Å². The van der Waals surface area contributed by atoms with Crippen LogP contribution in [0.25, 0.3) is 32.9 Å². The van der Waals surface area contributed by atoms with Crippen LogP contribution in [0, 0.1) is 5.82 Å². The standard InChI is InChI=1S/C33H17ClFN11O4S5/c34-13-4-18-29(40-21(48)9-52-18)42-23(13)27-33(50)46(31-14(35)5-19-30(43-31)41-22(49)10-53-19)25-12(11-3-16-32(37-6-11)55-45-44-16)7-36-24(26(25)54-27)15-1-2-17-28(38-15)39-20(47)8-51-17/h1-7,27H,8-10H2,(H,38,39,47)(H,40,42,48)(H,41,43,49). The number of hydrogen-bond donors (Lipinski definition) is 3.